The van der Waals surface area contributed by atoms with Gasteiger partial charge in [-0.1, -0.05) is 6.07 Å². The highest BCUT2D eigenvalue weighted by Gasteiger charge is 2.26. The Kier molecular flexibility index (Phi) is 6.54. The van der Waals surface area contributed by atoms with E-state index in [9.17, 15) is 14.0 Å². The third kappa shape index (κ3) is 5.19. The van der Waals surface area contributed by atoms with Crippen LogP contribution >= 0.6 is 0 Å². The Labute approximate surface area is 140 Å². The summed E-state index contributed by atoms with van der Waals surface area (Å²) < 4.78 is 23.3. The van der Waals surface area contributed by atoms with E-state index >= 15 is 0 Å². The fourth-order valence-electron chi connectivity index (χ4n) is 2.81. The molecule has 2 rings (SSSR count). The second-order valence-corrected chi connectivity index (χ2v) is 5.72. The van der Waals surface area contributed by atoms with Gasteiger partial charge in [-0.05, 0) is 50.1 Å². The molecular weight excluding hydrogens is 315 g/mol. The van der Waals surface area contributed by atoms with Gasteiger partial charge in [0.2, 0.25) is 0 Å². The van der Waals surface area contributed by atoms with Crippen molar-refractivity contribution >= 4 is 12.1 Å². The molecule has 24 heavy (non-hydrogen) atoms. The van der Waals surface area contributed by atoms with Gasteiger partial charge in [0.25, 0.3) is 0 Å². The second kappa shape index (κ2) is 8.63. The normalized spacial score (nSPS) is 20.3. The van der Waals surface area contributed by atoms with Crippen LogP contribution in [0.3, 0.4) is 0 Å². The molecule has 0 aromatic heterocycles. The van der Waals surface area contributed by atoms with Gasteiger partial charge in [0.05, 0.1) is 6.61 Å². The summed E-state index contributed by atoms with van der Waals surface area (Å²) in [5.74, 6) is -0.766. The van der Waals surface area contributed by atoms with Crippen LogP contribution in [0.2, 0.25) is 0 Å². The molecule has 132 valence electrons. The maximum Gasteiger partial charge on any atom is 0.407 e. The van der Waals surface area contributed by atoms with Gasteiger partial charge in [-0.25, -0.2) is 9.18 Å². The van der Waals surface area contributed by atoms with Crippen LogP contribution in [0.5, 0.6) is 0 Å². The lowest BCUT2D eigenvalue weighted by atomic mass is 9.92. The number of aryl methyl sites for hydroxylation is 1. The number of hydrogen-bond donors (Lipinski definition) is 2. The van der Waals surface area contributed by atoms with Crippen LogP contribution in [0.25, 0.3) is 0 Å². The zero-order valence-electron chi connectivity index (χ0n) is 13.9. The number of piperidine rings is 1. The molecule has 1 aromatic rings. The molecule has 1 aliphatic rings. The van der Waals surface area contributed by atoms with E-state index in [0.29, 0.717) is 19.4 Å². The lowest BCUT2D eigenvalue weighted by molar-refractivity contribution is -0.141. The lowest BCUT2D eigenvalue weighted by Gasteiger charge is -2.31. The van der Waals surface area contributed by atoms with E-state index in [0.717, 1.165) is 11.1 Å². The molecule has 1 heterocycles. The highest BCUT2D eigenvalue weighted by Crippen LogP contribution is 2.27. The van der Waals surface area contributed by atoms with Crippen molar-refractivity contribution in [2.45, 2.75) is 38.8 Å². The first-order valence-corrected chi connectivity index (χ1v) is 8.09. The molecule has 1 saturated heterocycles. The van der Waals surface area contributed by atoms with Gasteiger partial charge >= 0.3 is 12.1 Å². The molecule has 0 radical (unpaired) electrons. The monoisotopic (exact) mass is 338 g/mol. The average Bonchev–Trinajstić information content (AvgIpc) is 2.53. The Morgan fingerprint density at radius 1 is 1.42 bits per heavy atom. The van der Waals surface area contributed by atoms with Crippen LogP contribution in [0, 0.1) is 12.7 Å². The van der Waals surface area contributed by atoms with Crippen LogP contribution < -0.4 is 10.6 Å². The minimum atomic E-state index is -0.635. The standard InChI is InChI=1S/C17H23FN2O4/c1-3-23-16(21)10-20-17(22)24-13-6-7-19-15(9-13)14-5-4-12(18)8-11(14)2/h4-5,8,13,15,19H,3,6-7,9-10H2,1-2H3,(H,20,22)/t13-,15+/m0/s1. The quantitative estimate of drug-likeness (QED) is 0.805. The number of hydrogen-bond acceptors (Lipinski definition) is 5. The molecule has 7 heteroatoms. The Balaban J connectivity index is 1.86. The van der Waals surface area contributed by atoms with E-state index in [1.54, 1.807) is 13.0 Å². The highest BCUT2D eigenvalue weighted by molar-refractivity contribution is 5.77. The summed E-state index contributed by atoms with van der Waals surface area (Å²) in [4.78, 5) is 23.0. The Hall–Kier alpha value is -2.15. The van der Waals surface area contributed by atoms with Crippen LogP contribution in [0.4, 0.5) is 9.18 Å². The minimum absolute atomic E-state index is 0.00204. The summed E-state index contributed by atoms with van der Waals surface area (Å²) >= 11 is 0. The smallest absolute Gasteiger partial charge is 0.407 e. The minimum Gasteiger partial charge on any atom is -0.465 e. The molecule has 1 aromatic carbocycles. The van der Waals surface area contributed by atoms with Gasteiger partial charge in [-0.15, -0.1) is 0 Å². The molecule has 2 N–H and O–H groups in total. The van der Waals surface area contributed by atoms with Gasteiger partial charge in [0.15, 0.2) is 0 Å². The average molecular weight is 338 g/mol. The van der Waals surface area contributed by atoms with Gasteiger partial charge in [0.1, 0.15) is 18.5 Å². The highest BCUT2D eigenvalue weighted by atomic mass is 19.1. The molecular formula is C17H23FN2O4. The number of alkyl carbamates (subject to hydrolysis) is 1. The van der Waals surface area contributed by atoms with E-state index in [-0.39, 0.29) is 31.1 Å². The number of carbonyl (C=O) groups is 2. The van der Waals surface area contributed by atoms with Gasteiger partial charge < -0.3 is 20.1 Å². The zero-order chi connectivity index (χ0) is 17.5. The number of nitrogens with one attached hydrogen (secondary N) is 2. The molecule has 2 atom stereocenters. The van der Waals surface area contributed by atoms with Crippen molar-refractivity contribution in [2.24, 2.45) is 0 Å². The summed E-state index contributed by atoms with van der Waals surface area (Å²) in [6.45, 7) is 4.30. The fraction of sp³-hybridized carbons (Fsp3) is 0.529. The zero-order valence-corrected chi connectivity index (χ0v) is 13.9. The van der Waals surface area contributed by atoms with E-state index < -0.39 is 12.1 Å². The Bertz CT molecular complexity index is 594. The lowest BCUT2D eigenvalue weighted by Crippen LogP contribution is -2.40. The molecule has 1 aliphatic heterocycles. The summed E-state index contributed by atoms with van der Waals surface area (Å²) in [6, 6.07) is 4.68. The topological polar surface area (TPSA) is 76.7 Å². The summed E-state index contributed by atoms with van der Waals surface area (Å²) in [7, 11) is 0. The number of esters is 1. The molecule has 1 fully saturated rings. The number of benzene rings is 1. The number of carbonyl (C=O) groups excluding carboxylic acids is 2. The maximum absolute atomic E-state index is 13.2. The SMILES string of the molecule is CCOC(=O)CNC(=O)O[C@H]1CCN[C@@H](c2ccc(F)cc2C)C1. The molecule has 0 saturated carbocycles. The molecule has 0 aliphatic carbocycles. The van der Waals surface area contributed by atoms with E-state index in [1.165, 1.54) is 12.1 Å². The van der Waals surface area contributed by atoms with Crippen molar-refractivity contribution in [3.05, 3.63) is 35.1 Å². The first kappa shape index (κ1) is 18.2. The van der Waals surface area contributed by atoms with Crippen molar-refractivity contribution < 1.29 is 23.5 Å². The molecule has 0 spiro atoms. The third-order valence-corrected chi connectivity index (χ3v) is 3.92. The van der Waals surface area contributed by atoms with E-state index in [2.05, 4.69) is 10.6 Å². The van der Waals surface area contributed by atoms with Crippen molar-refractivity contribution in [3.63, 3.8) is 0 Å². The predicted molar refractivity (Wildman–Crippen MR) is 86.0 cm³/mol. The van der Waals surface area contributed by atoms with E-state index in [1.807, 2.05) is 6.92 Å². The molecule has 1 amide bonds. The van der Waals surface area contributed by atoms with Crippen LogP contribution in [-0.2, 0) is 14.3 Å². The summed E-state index contributed by atoms with van der Waals surface area (Å²) in [5.41, 5.74) is 1.86. The van der Waals surface area contributed by atoms with Gasteiger partial charge in [-0.2, -0.15) is 0 Å². The number of ether oxygens (including phenoxy) is 2. The van der Waals surface area contributed by atoms with Crippen molar-refractivity contribution in [3.8, 4) is 0 Å². The third-order valence-electron chi connectivity index (χ3n) is 3.92. The summed E-state index contributed by atoms with van der Waals surface area (Å²) in [6.07, 6.45) is 0.385. The van der Waals surface area contributed by atoms with Gasteiger partial charge in [0, 0.05) is 12.5 Å². The fourth-order valence-corrected chi connectivity index (χ4v) is 2.81. The van der Waals surface area contributed by atoms with Crippen molar-refractivity contribution in [1.29, 1.82) is 0 Å². The Morgan fingerprint density at radius 3 is 2.92 bits per heavy atom. The number of halogens is 1. The molecule has 6 nitrogen and oxygen atoms in total. The second-order valence-electron chi connectivity index (χ2n) is 5.72. The Morgan fingerprint density at radius 2 is 2.21 bits per heavy atom. The van der Waals surface area contributed by atoms with Crippen LogP contribution in [0.15, 0.2) is 18.2 Å². The largest absolute Gasteiger partial charge is 0.465 e. The number of amides is 1. The van der Waals surface area contributed by atoms with E-state index in [4.69, 9.17) is 9.47 Å². The number of rotatable bonds is 5. The first-order chi connectivity index (χ1) is 11.5. The van der Waals surface area contributed by atoms with Gasteiger partial charge in [-0.3, -0.25) is 4.79 Å². The van der Waals surface area contributed by atoms with Crippen molar-refractivity contribution in [2.75, 3.05) is 19.7 Å². The predicted octanol–water partition coefficient (Wildman–Crippen LogP) is 2.22. The molecule has 0 bridgehead atoms. The summed E-state index contributed by atoms with van der Waals surface area (Å²) in [5, 5.41) is 5.74. The molecule has 0 unspecified atom stereocenters. The van der Waals surface area contributed by atoms with Crippen LogP contribution in [0.1, 0.15) is 36.9 Å². The van der Waals surface area contributed by atoms with Crippen molar-refractivity contribution in [1.82, 2.24) is 10.6 Å². The first-order valence-electron chi connectivity index (χ1n) is 8.09. The van der Waals surface area contributed by atoms with Crippen LogP contribution in [-0.4, -0.2) is 37.9 Å². The maximum atomic E-state index is 13.2.